The van der Waals surface area contributed by atoms with Gasteiger partial charge in [-0.05, 0) is 52.1 Å². The van der Waals surface area contributed by atoms with Gasteiger partial charge in [0, 0.05) is 5.92 Å². The SMILES string of the molecule is O=S1(=O)c2ccccc2C2=C(c3ccc(F)cc3)C2c2ccccc21. The number of sulfone groups is 1. The molecule has 3 aromatic rings. The van der Waals surface area contributed by atoms with Gasteiger partial charge in [0.25, 0.3) is 0 Å². The van der Waals surface area contributed by atoms with Gasteiger partial charge in [0.15, 0.2) is 0 Å². The summed E-state index contributed by atoms with van der Waals surface area (Å²) in [5, 5.41) is 0. The number of rotatable bonds is 1. The molecule has 0 bridgehead atoms. The molecule has 0 saturated carbocycles. The highest BCUT2D eigenvalue weighted by molar-refractivity contribution is 7.91. The van der Waals surface area contributed by atoms with E-state index in [4.69, 9.17) is 0 Å². The fourth-order valence-electron chi connectivity index (χ4n) is 3.79. The van der Waals surface area contributed by atoms with E-state index in [1.165, 1.54) is 12.1 Å². The van der Waals surface area contributed by atoms with Crippen LogP contribution < -0.4 is 0 Å². The number of fused-ring (bicyclic) bond motifs is 5. The third-order valence-electron chi connectivity index (χ3n) is 4.93. The van der Waals surface area contributed by atoms with Crippen molar-refractivity contribution in [3.8, 4) is 0 Å². The molecule has 0 N–H and O–H groups in total. The van der Waals surface area contributed by atoms with Crippen LogP contribution in [0.5, 0.6) is 0 Å². The van der Waals surface area contributed by atoms with Crippen molar-refractivity contribution in [2.45, 2.75) is 15.7 Å². The Morgan fingerprint density at radius 2 is 1.36 bits per heavy atom. The summed E-state index contributed by atoms with van der Waals surface area (Å²) < 4.78 is 39.5. The van der Waals surface area contributed by atoms with Gasteiger partial charge >= 0.3 is 0 Å². The molecule has 1 aliphatic carbocycles. The molecule has 0 spiro atoms. The summed E-state index contributed by atoms with van der Waals surface area (Å²) in [6.07, 6.45) is 0. The fourth-order valence-corrected chi connectivity index (χ4v) is 5.51. The van der Waals surface area contributed by atoms with Crippen LogP contribution in [0.2, 0.25) is 0 Å². The summed E-state index contributed by atoms with van der Waals surface area (Å²) in [6.45, 7) is 0. The van der Waals surface area contributed by atoms with E-state index in [1.54, 1.807) is 36.4 Å². The van der Waals surface area contributed by atoms with Crippen molar-refractivity contribution in [2.75, 3.05) is 0 Å². The maximum Gasteiger partial charge on any atom is 0.207 e. The molecule has 1 unspecified atom stereocenters. The normalized spacial score (nSPS) is 19.5. The lowest BCUT2D eigenvalue weighted by atomic mass is 10.0. The standard InChI is InChI=1S/C21H13FO2S/c22-14-11-9-13(10-12-14)19-20-15-5-1-3-7-17(15)25(23,24)18-8-4-2-6-16(18)21(19)20/h1-12,20H. The lowest BCUT2D eigenvalue weighted by molar-refractivity contribution is 0.595. The molecule has 2 nitrogen and oxygen atoms in total. The first-order valence-corrected chi connectivity index (χ1v) is 9.51. The largest absolute Gasteiger partial charge is 0.218 e. The molecule has 0 amide bonds. The molecule has 0 aromatic heterocycles. The van der Waals surface area contributed by atoms with Gasteiger partial charge in [0.1, 0.15) is 5.82 Å². The first-order valence-electron chi connectivity index (χ1n) is 8.02. The zero-order chi connectivity index (χ0) is 17.2. The molecule has 1 heterocycles. The van der Waals surface area contributed by atoms with E-state index in [9.17, 15) is 12.8 Å². The van der Waals surface area contributed by atoms with Crippen molar-refractivity contribution in [3.05, 3.63) is 95.3 Å². The topological polar surface area (TPSA) is 34.1 Å². The second-order valence-electron chi connectivity index (χ2n) is 6.30. The van der Waals surface area contributed by atoms with E-state index in [0.29, 0.717) is 9.79 Å². The van der Waals surface area contributed by atoms with Crippen molar-refractivity contribution < 1.29 is 12.8 Å². The summed E-state index contributed by atoms with van der Waals surface area (Å²) >= 11 is 0. The van der Waals surface area contributed by atoms with Crippen LogP contribution in [0.4, 0.5) is 4.39 Å². The third-order valence-corrected chi connectivity index (χ3v) is 6.81. The molecule has 122 valence electrons. The monoisotopic (exact) mass is 348 g/mol. The zero-order valence-electron chi connectivity index (χ0n) is 13.1. The number of halogens is 1. The number of allylic oxidation sites excluding steroid dienone is 2. The van der Waals surface area contributed by atoms with Crippen LogP contribution in [0.15, 0.2) is 82.6 Å². The van der Waals surface area contributed by atoms with Crippen LogP contribution in [0.3, 0.4) is 0 Å². The maximum atomic E-state index is 13.3. The summed E-state index contributed by atoms with van der Waals surface area (Å²) in [5.74, 6) is -0.335. The van der Waals surface area contributed by atoms with E-state index in [2.05, 4.69) is 0 Å². The molecule has 0 fully saturated rings. The number of hydrogen-bond donors (Lipinski definition) is 0. The highest BCUT2D eigenvalue weighted by atomic mass is 32.2. The summed E-state index contributed by atoms with van der Waals surface area (Å²) in [7, 11) is -3.55. The van der Waals surface area contributed by atoms with Gasteiger partial charge < -0.3 is 0 Å². The molecule has 5 rings (SSSR count). The average Bonchev–Trinajstić information content (AvgIpc) is 3.38. The van der Waals surface area contributed by atoms with Gasteiger partial charge in [-0.2, -0.15) is 0 Å². The zero-order valence-corrected chi connectivity index (χ0v) is 13.9. The second kappa shape index (κ2) is 4.90. The molecule has 0 radical (unpaired) electrons. The van der Waals surface area contributed by atoms with Gasteiger partial charge in [0.2, 0.25) is 9.84 Å². The lowest BCUT2D eigenvalue weighted by Gasteiger charge is -2.10. The highest BCUT2D eigenvalue weighted by Gasteiger charge is 2.46. The Kier molecular flexibility index (Phi) is 2.86. The minimum Gasteiger partial charge on any atom is -0.218 e. The van der Waals surface area contributed by atoms with Crippen LogP contribution in [0.25, 0.3) is 11.1 Å². The van der Waals surface area contributed by atoms with Gasteiger partial charge in [-0.25, -0.2) is 12.8 Å². The molecular formula is C21H13FO2S. The van der Waals surface area contributed by atoms with E-state index in [1.807, 2.05) is 24.3 Å². The minimum absolute atomic E-state index is 0.0555. The number of benzene rings is 3. The van der Waals surface area contributed by atoms with E-state index in [-0.39, 0.29) is 11.7 Å². The fraction of sp³-hybridized carbons (Fsp3) is 0.0476. The Labute approximate surface area is 145 Å². The minimum atomic E-state index is -3.55. The predicted molar refractivity (Wildman–Crippen MR) is 94.3 cm³/mol. The van der Waals surface area contributed by atoms with Crippen LogP contribution >= 0.6 is 0 Å². The Hall–Kier alpha value is -2.72. The van der Waals surface area contributed by atoms with E-state index in [0.717, 1.165) is 27.8 Å². The Bertz CT molecular complexity index is 1160. The Balaban J connectivity index is 1.84. The van der Waals surface area contributed by atoms with Crippen LogP contribution in [0, 0.1) is 5.82 Å². The highest BCUT2D eigenvalue weighted by Crippen LogP contribution is 2.63. The van der Waals surface area contributed by atoms with Crippen molar-refractivity contribution >= 4 is 21.0 Å². The summed E-state index contributed by atoms with van der Waals surface area (Å²) in [5.41, 5.74) is 4.59. The first kappa shape index (κ1) is 14.6. The van der Waals surface area contributed by atoms with Crippen LogP contribution in [0.1, 0.15) is 22.6 Å². The van der Waals surface area contributed by atoms with Crippen molar-refractivity contribution in [1.82, 2.24) is 0 Å². The quantitative estimate of drug-likeness (QED) is 0.640. The maximum absolute atomic E-state index is 13.3. The van der Waals surface area contributed by atoms with Crippen LogP contribution in [-0.4, -0.2) is 8.42 Å². The molecule has 4 heteroatoms. The summed E-state index contributed by atoms with van der Waals surface area (Å²) in [6, 6.07) is 20.7. The number of hydrogen-bond acceptors (Lipinski definition) is 2. The third kappa shape index (κ3) is 1.98. The Morgan fingerprint density at radius 1 is 0.720 bits per heavy atom. The first-order chi connectivity index (χ1) is 12.1. The van der Waals surface area contributed by atoms with Crippen molar-refractivity contribution in [2.24, 2.45) is 0 Å². The molecule has 0 saturated heterocycles. The molecule has 3 aromatic carbocycles. The smallest absolute Gasteiger partial charge is 0.207 e. The average molecular weight is 348 g/mol. The Morgan fingerprint density at radius 3 is 2.12 bits per heavy atom. The van der Waals surface area contributed by atoms with Gasteiger partial charge in [-0.15, -0.1) is 0 Å². The summed E-state index contributed by atoms with van der Waals surface area (Å²) in [4.78, 5) is 0.705. The van der Waals surface area contributed by atoms with E-state index >= 15 is 0 Å². The molecular weight excluding hydrogens is 335 g/mol. The van der Waals surface area contributed by atoms with Crippen molar-refractivity contribution in [1.29, 1.82) is 0 Å². The molecule has 2 aliphatic rings. The molecule has 1 atom stereocenters. The van der Waals surface area contributed by atoms with Gasteiger partial charge in [-0.1, -0.05) is 48.5 Å². The van der Waals surface area contributed by atoms with Gasteiger partial charge in [0.05, 0.1) is 9.79 Å². The lowest BCUT2D eigenvalue weighted by Crippen LogP contribution is -2.05. The van der Waals surface area contributed by atoms with Crippen molar-refractivity contribution in [3.63, 3.8) is 0 Å². The second-order valence-corrected chi connectivity index (χ2v) is 8.19. The van der Waals surface area contributed by atoms with Gasteiger partial charge in [-0.3, -0.25) is 0 Å². The molecule has 1 aliphatic heterocycles. The molecule has 25 heavy (non-hydrogen) atoms. The van der Waals surface area contributed by atoms with E-state index < -0.39 is 9.84 Å². The predicted octanol–water partition coefficient (Wildman–Crippen LogP) is 4.68. The van der Waals surface area contributed by atoms with Crippen LogP contribution in [-0.2, 0) is 9.84 Å².